The molecule has 0 aliphatic heterocycles. The van der Waals surface area contributed by atoms with Crippen LogP contribution in [-0.4, -0.2) is 34.5 Å². The first-order valence-electron chi connectivity index (χ1n) is 3.24. The Balaban J connectivity index is 3.77. The molecular formula is C6H13NO2S2. The highest BCUT2D eigenvalue weighted by molar-refractivity contribution is 7.99. The van der Waals surface area contributed by atoms with E-state index in [4.69, 9.17) is 5.11 Å². The molecule has 5 heteroatoms. The molecule has 0 saturated heterocycles. The number of hydrogen-bond donors (Lipinski definition) is 3. The Bertz CT molecular complexity index is 132. The van der Waals surface area contributed by atoms with Crippen molar-refractivity contribution in [2.45, 2.75) is 18.3 Å². The molecule has 3 nitrogen and oxygen atoms in total. The summed E-state index contributed by atoms with van der Waals surface area (Å²) in [5.74, 6) is -0.527. The maximum atomic E-state index is 10.5. The van der Waals surface area contributed by atoms with Crippen LogP contribution in [0.5, 0.6) is 0 Å². The number of carboxylic acid groups (broad SMARTS) is 1. The molecule has 2 unspecified atom stereocenters. The van der Waals surface area contributed by atoms with E-state index in [2.05, 4.69) is 17.9 Å². The van der Waals surface area contributed by atoms with Crippen LogP contribution < -0.4 is 5.32 Å². The van der Waals surface area contributed by atoms with Crippen molar-refractivity contribution in [3.05, 3.63) is 0 Å². The topological polar surface area (TPSA) is 49.3 Å². The molecule has 0 aliphatic carbocycles. The first-order valence-corrected chi connectivity index (χ1v) is 5.16. The molecule has 0 aromatic heterocycles. The number of rotatable bonds is 5. The lowest BCUT2D eigenvalue weighted by atomic mass is 10.3. The Labute approximate surface area is 76.3 Å². The summed E-state index contributed by atoms with van der Waals surface area (Å²) in [6.07, 6.45) is 1.93. The first kappa shape index (κ1) is 11.1. The molecule has 0 spiro atoms. The Morgan fingerprint density at radius 3 is 2.64 bits per heavy atom. The van der Waals surface area contributed by atoms with Crippen molar-refractivity contribution in [1.82, 2.24) is 5.32 Å². The van der Waals surface area contributed by atoms with Gasteiger partial charge in [-0.25, -0.2) is 0 Å². The van der Waals surface area contributed by atoms with Crippen molar-refractivity contribution in [3.8, 4) is 0 Å². The van der Waals surface area contributed by atoms with E-state index in [-0.39, 0.29) is 5.37 Å². The molecular weight excluding hydrogens is 182 g/mol. The third-order valence-corrected chi connectivity index (χ3v) is 2.48. The number of carboxylic acids is 1. The molecule has 0 amide bonds. The highest BCUT2D eigenvalue weighted by Gasteiger charge is 2.16. The molecule has 0 saturated carbocycles. The Kier molecular flexibility index (Phi) is 5.81. The SMILES string of the molecule is CSC(C)NC(CS)C(=O)O. The Hall–Kier alpha value is 0.130. The first-order chi connectivity index (χ1) is 5.11. The fraction of sp³-hybridized carbons (Fsp3) is 0.833. The average Bonchev–Trinajstić information content (AvgIpc) is 1.99. The second kappa shape index (κ2) is 5.74. The third kappa shape index (κ3) is 4.55. The third-order valence-electron chi connectivity index (χ3n) is 1.27. The zero-order valence-electron chi connectivity index (χ0n) is 6.57. The molecule has 0 aliphatic rings. The number of thioether (sulfide) groups is 1. The van der Waals surface area contributed by atoms with E-state index in [0.29, 0.717) is 5.75 Å². The van der Waals surface area contributed by atoms with Crippen molar-refractivity contribution in [2.24, 2.45) is 0 Å². The fourth-order valence-corrected chi connectivity index (χ4v) is 1.12. The molecule has 0 rings (SSSR count). The average molecular weight is 195 g/mol. The lowest BCUT2D eigenvalue weighted by molar-refractivity contribution is -0.138. The normalized spacial score (nSPS) is 15.9. The van der Waals surface area contributed by atoms with Crippen LogP contribution in [0.4, 0.5) is 0 Å². The van der Waals surface area contributed by atoms with Crippen LogP contribution in [0.2, 0.25) is 0 Å². The minimum Gasteiger partial charge on any atom is -0.480 e. The quantitative estimate of drug-likeness (QED) is 0.446. The maximum absolute atomic E-state index is 10.5. The summed E-state index contributed by atoms with van der Waals surface area (Å²) in [5.41, 5.74) is 0. The molecule has 66 valence electrons. The van der Waals surface area contributed by atoms with Gasteiger partial charge in [-0.3, -0.25) is 10.1 Å². The van der Waals surface area contributed by atoms with E-state index >= 15 is 0 Å². The van der Waals surface area contributed by atoms with Gasteiger partial charge in [0.25, 0.3) is 0 Å². The van der Waals surface area contributed by atoms with Gasteiger partial charge < -0.3 is 5.11 Å². The van der Waals surface area contributed by atoms with Crippen LogP contribution >= 0.6 is 24.4 Å². The van der Waals surface area contributed by atoms with Crippen molar-refractivity contribution in [3.63, 3.8) is 0 Å². The van der Waals surface area contributed by atoms with E-state index in [0.717, 1.165) is 0 Å². The Morgan fingerprint density at radius 2 is 2.36 bits per heavy atom. The molecule has 0 heterocycles. The van der Waals surface area contributed by atoms with E-state index in [1.165, 1.54) is 0 Å². The molecule has 0 aromatic rings. The van der Waals surface area contributed by atoms with Gasteiger partial charge in [0.2, 0.25) is 0 Å². The second-order valence-corrected chi connectivity index (χ2v) is 3.66. The predicted molar refractivity (Wildman–Crippen MR) is 51.4 cm³/mol. The highest BCUT2D eigenvalue weighted by atomic mass is 32.2. The van der Waals surface area contributed by atoms with Crippen LogP contribution in [0, 0.1) is 0 Å². The van der Waals surface area contributed by atoms with Gasteiger partial charge in [0.05, 0.1) is 5.37 Å². The minimum atomic E-state index is -0.846. The molecule has 0 radical (unpaired) electrons. The van der Waals surface area contributed by atoms with Gasteiger partial charge in [0, 0.05) is 5.75 Å². The lowest BCUT2D eigenvalue weighted by Crippen LogP contribution is -2.41. The molecule has 0 bridgehead atoms. The van der Waals surface area contributed by atoms with Gasteiger partial charge in [-0.1, -0.05) is 0 Å². The molecule has 2 N–H and O–H groups in total. The van der Waals surface area contributed by atoms with Crippen molar-refractivity contribution >= 4 is 30.4 Å². The van der Waals surface area contributed by atoms with Crippen LogP contribution in [0.1, 0.15) is 6.92 Å². The summed E-state index contributed by atoms with van der Waals surface area (Å²) in [6.45, 7) is 1.92. The van der Waals surface area contributed by atoms with E-state index in [1.807, 2.05) is 13.2 Å². The highest BCUT2D eigenvalue weighted by Crippen LogP contribution is 2.02. The van der Waals surface area contributed by atoms with Gasteiger partial charge in [-0.05, 0) is 13.2 Å². The largest absolute Gasteiger partial charge is 0.480 e. The monoisotopic (exact) mass is 195 g/mol. The number of nitrogens with one attached hydrogen (secondary N) is 1. The number of aliphatic carboxylic acids is 1. The molecule has 2 atom stereocenters. The molecule has 11 heavy (non-hydrogen) atoms. The van der Waals surface area contributed by atoms with Crippen LogP contribution in [0.15, 0.2) is 0 Å². The Morgan fingerprint density at radius 1 is 1.82 bits per heavy atom. The number of thiol groups is 1. The van der Waals surface area contributed by atoms with E-state index in [9.17, 15) is 4.79 Å². The fourth-order valence-electron chi connectivity index (χ4n) is 0.553. The number of carbonyl (C=O) groups is 1. The summed E-state index contributed by atoms with van der Waals surface area (Å²) >= 11 is 5.49. The van der Waals surface area contributed by atoms with Crippen molar-refractivity contribution in [1.29, 1.82) is 0 Å². The molecule has 0 fully saturated rings. The van der Waals surface area contributed by atoms with Crippen LogP contribution in [0.3, 0.4) is 0 Å². The van der Waals surface area contributed by atoms with E-state index in [1.54, 1.807) is 11.8 Å². The van der Waals surface area contributed by atoms with Crippen LogP contribution in [-0.2, 0) is 4.79 Å². The standard InChI is InChI=1S/C6H13NO2S2/c1-4(11-2)7-5(3-10)6(8)9/h4-5,7,10H,3H2,1-2H3,(H,8,9). The summed E-state index contributed by atoms with van der Waals surface area (Å²) < 4.78 is 0. The summed E-state index contributed by atoms with van der Waals surface area (Å²) in [6, 6.07) is -0.541. The zero-order valence-corrected chi connectivity index (χ0v) is 8.28. The lowest BCUT2D eigenvalue weighted by Gasteiger charge is -2.16. The van der Waals surface area contributed by atoms with Crippen molar-refractivity contribution < 1.29 is 9.90 Å². The smallest absolute Gasteiger partial charge is 0.321 e. The van der Waals surface area contributed by atoms with Gasteiger partial charge >= 0.3 is 5.97 Å². The summed E-state index contributed by atoms with van der Waals surface area (Å²) in [7, 11) is 0. The minimum absolute atomic E-state index is 0.156. The maximum Gasteiger partial charge on any atom is 0.321 e. The van der Waals surface area contributed by atoms with Gasteiger partial charge in [-0.2, -0.15) is 12.6 Å². The predicted octanol–water partition coefficient (Wildman–Crippen LogP) is 0.668. The van der Waals surface area contributed by atoms with Crippen LogP contribution in [0.25, 0.3) is 0 Å². The van der Waals surface area contributed by atoms with Gasteiger partial charge in [0.1, 0.15) is 6.04 Å². The van der Waals surface area contributed by atoms with Crippen molar-refractivity contribution in [2.75, 3.05) is 12.0 Å². The van der Waals surface area contributed by atoms with E-state index < -0.39 is 12.0 Å². The van der Waals surface area contributed by atoms with Gasteiger partial charge in [-0.15, -0.1) is 11.8 Å². The zero-order chi connectivity index (χ0) is 8.85. The molecule has 0 aromatic carbocycles. The summed E-state index contributed by atoms with van der Waals surface area (Å²) in [5, 5.41) is 11.7. The number of hydrogen-bond acceptors (Lipinski definition) is 4. The van der Waals surface area contributed by atoms with Gasteiger partial charge in [0.15, 0.2) is 0 Å². The second-order valence-electron chi connectivity index (χ2n) is 2.12. The summed E-state index contributed by atoms with van der Waals surface area (Å²) in [4.78, 5) is 10.5.